The fraction of sp³-hybridized carbons (Fsp3) is 0.250. The van der Waals surface area contributed by atoms with Gasteiger partial charge in [0, 0.05) is 5.56 Å². The van der Waals surface area contributed by atoms with Gasteiger partial charge in [0.05, 0.1) is 12.1 Å². The molecule has 1 nitrogen and oxygen atoms in total. The van der Waals surface area contributed by atoms with Crippen LogP contribution in [0.4, 0.5) is 0 Å². The molecular formula is C8H7Cl3O. The monoisotopic (exact) mass is 224 g/mol. The molecule has 4 heteroatoms. The van der Waals surface area contributed by atoms with Crippen molar-refractivity contribution in [2.45, 2.75) is 4.84 Å². The van der Waals surface area contributed by atoms with Crippen molar-refractivity contribution in [3.05, 3.63) is 28.8 Å². The number of alkyl halides is 2. The van der Waals surface area contributed by atoms with Crippen LogP contribution >= 0.6 is 34.8 Å². The first-order valence-electron chi connectivity index (χ1n) is 3.27. The van der Waals surface area contributed by atoms with Crippen LogP contribution in [-0.2, 0) is 0 Å². The minimum Gasteiger partial charge on any atom is -0.495 e. The van der Waals surface area contributed by atoms with Crippen LogP contribution in [0.1, 0.15) is 10.4 Å². The Balaban J connectivity index is 3.14. The van der Waals surface area contributed by atoms with Crippen molar-refractivity contribution in [3.8, 4) is 5.75 Å². The van der Waals surface area contributed by atoms with Crippen molar-refractivity contribution in [1.82, 2.24) is 0 Å². The summed E-state index contributed by atoms with van der Waals surface area (Å²) in [6.45, 7) is 0. The molecule has 0 aliphatic carbocycles. The van der Waals surface area contributed by atoms with Gasteiger partial charge in [-0.3, -0.25) is 0 Å². The molecule has 0 amide bonds. The zero-order valence-corrected chi connectivity index (χ0v) is 8.62. The molecular weight excluding hydrogens is 218 g/mol. The first-order chi connectivity index (χ1) is 5.66. The molecule has 0 saturated carbocycles. The molecule has 0 aliphatic rings. The van der Waals surface area contributed by atoms with E-state index in [0.717, 1.165) is 0 Å². The van der Waals surface area contributed by atoms with Gasteiger partial charge in [-0.25, -0.2) is 0 Å². The van der Waals surface area contributed by atoms with Gasteiger partial charge in [0.2, 0.25) is 0 Å². The summed E-state index contributed by atoms with van der Waals surface area (Å²) >= 11 is 17.2. The van der Waals surface area contributed by atoms with Gasteiger partial charge in [-0.05, 0) is 6.07 Å². The Hall–Kier alpha value is -0.110. The lowest BCUT2D eigenvalue weighted by molar-refractivity contribution is 0.414. The van der Waals surface area contributed by atoms with Gasteiger partial charge in [-0.1, -0.05) is 23.7 Å². The van der Waals surface area contributed by atoms with Crippen molar-refractivity contribution in [2.75, 3.05) is 7.11 Å². The van der Waals surface area contributed by atoms with E-state index in [1.807, 2.05) is 0 Å². The SMILES string of the molecule is COc1cccc(C(Cl)Cl)c1Cl. The summed E-state index contributed by atoms with van der Waals surface area (Å²) < 4.78 is 4.99. The van der Waals surface area contributed by atoms with Crippen molar-refractivity contribution >= 4 is 34.8 Å². The third-order valence-electron chi connectivity index (χ3n) is 1.45. The highest BCUT2D eigenvalue weighted by molar-refractivity contribution is 6.45. The Morgan fingerprint density at radius 1 is 1.33 bits per heavy atom. The average Bonchev–Trinajstić information content (AvgIpc) is 2.04. The van der Waals surface area contributed by atoms with E-state index < -0.39 is 4.84 Å². The smallest absolute Gasteiger partial charge is 0.137 e. The highest BCUT2D eigenvalue weighted by atomic mass is 35.5. The van der Waals surface area contributed by atoms with Crippen molar-refractivity contribution in [1.29, 1.82) is 0 Å². The molecule has 0 radical (unpaired) electrons. The lowest BCUT2D eigenvalue weighted by Crippen LogP contribution is -1.88. The number of ether oxygens (including phenoxy) is 1. The Labute approximate surface area is 86.2 Å². The van der Waals surface area contributed by atoms with Crippen molar-refractivity contribution in [2.24, 2.45) is 0 Å². The minimum atomic E-state index is -0.618. The van der Waals surface area contributed by atoms with E-state index in [-0.39, 0.29) is 0 Å². The Kier molecular flexibility index (Phi) is 3.51. The lowest BCUT2D eigenvalue weighted by Gasteiger charge is -2.08. The molecule has 1 rings (SSSR count). The van der Waals surface area contributed by atoms with Gasteiger partial charge >= 0.3 is 0 Å². The van der Waals surface area contributed by atoms with Gasteiger partial charge in [0.25, 0.3) is 0 Å². The molecule has 0 bridgehead atoms. The van der Waals surface area contributed by atoms with Gasteiger partial charge in [-0.15, -0.1) is 23.2 Å². The van der Waals surface area contributed by atoms with Crippen molar-refractivity contribution < 1.29 is 4.74 Å². The van der Waals surface area contributed by atoms with E-state index in [0.29, 0.717) is 16.3 Å². The van der Waals surface area contributed by atoms with E-state index >= 15 is 0 Å². The summed E-state index contributed by atoms with van der Waals surface area (Å²) in [4.78, 5) is -0.618. The van der Waals surface area contributed by atoms with E-state index in [9.17, 15) is 0 Å². The van der Waals surface area contributed by atoms with Gasteiger partial charge in [-0.2, -0.15) is 0 Å². The summed E-state index contributed by atoms with van der Waals surface area (Å²) in [5.41, 5.74) is 0.666. The molecule has 66 valence electrons. The molecule has 12 heavy (non-hydrogen) atoms. The molecule has 0 saturated heterocycles. The van der Waals surface area contributed by atoms with Crippen LogP contribution in [0.25, 0.3) is 0 Å². The number of rotatable bonds is 2. The molecule has 0 atom stereocenters. The van der Waals surface area contributed by atoms with Gasteiger partial charge in [0.15, 0.2) is 0 Å². The molecule has 0 aromatic heterocycles. The quantitative estimate of drug-likeness (QED) is 0.695. The number of methoxy groups -OCH3 is 1. The fourth-order valence-corrected chi connectivity index (χ4v) is 1.64. The van der Waals surface area contributed by atoms with Crippen LogP contribution in [-0.4, -0.2) is 7.11 Å². The third kappa shape index (κ3) is 1.98. The van der Waals surface area contributed by atoms with Crippen LogP contribution in [0.3, 0.4) is 0 Å². The van der Waals surface area contributed by atoms with Crippen LogP contribution in [0.2, 0.25) is 5.02 Å². The summed E-state index contributed by atoms with van der Waals surface area (Å²) in [5, 5.41) is 0.468. The topological polar surface area (TPSA) is 9.23 Å². The van der Waals surface area contributed by atoms with E-state index in [1.165, 1.54) is 0 Å². The second-order valence-corrected chi connectivity index (χ2v) is 3.64. The highest BCUT2D eigenvalue weighted by Crippen LogP contribution is 2.36. The molecule has 0 fully saturated rings. The maximum atomic E-state index is 5.91. The minimum absolute atomic E-state index is 0.468. The largest absolute Gasteiger partial charge is 0.495 e. The highest BCUT2D eigenvalue weighted by Gasteiger charge is 2.11. The molecule has 0 N–H and O–H groups in total. The number of halogens is 3. The van der Waals surface area contributed by atoms with E-state index in [4.69, 9.17) is 39.5 Å². The average molecular weight is 226 g/mol. The predicted molar refractivity (Wildman–Crippen MR) is 52.5 cm³/mol. The molecule has 0 aliphatic heterocycles. The third-order valence-corrected chi connectivity index (χ3v) is 2.32. The first-order valence-corrected chi connectivity index (χ1v) is 4.52. The molecule has 0 unspecified atom stereocenters. The van der Waals surface area contributed by atoms with E-state index in [1.54, 1.807) is 25.3 Å². The summed E-state index contributed by atoms with van der Waals surface area (Å²) in [6, 6.07) is 5.30. The Morgan fingerprint density at radius 2 is 2.00 bits per heavy atom. The summed E-state index contributed by atoms with van der Waals surface area (Å²) in [5.74, 6) is 0.584. The van der Waals surface area contributed by atoms with Crippen LogP contribution < -0.4 is 4.74 Å². The van der Waals surface area contributed by atoms with Gasteiger partial charge < -0.3 is 4.74 Å². The number of benzene rings is 1. The van der Waals surface area contributed by atoms with E-state index in [2.05, 4.69) is 0 Å². The van der Waals surface area contributed by atoms with Crippen LogP contribution in [0, 0.1) is 0 Å². The molecule has 0 spiro atoms. The summed E-state index contributed by atoms with van der Waals surface area (Å²) in [6.07, 6.45) is 0. The fourth-order valence-electron chi connectivity index (χ4n) is 0.854. The van der Waals surface area contributed by atoms with Crippen LogP contribution in [0.5, 0.6) is 5.75 Å². The van der Waals surface area contributed by atoms with Crippen molar-refractivity contribution in [3.63, 3.8) is 0 Å². The number of hydrogen-bond donors (Lipinski definition) is 0. The Bertz CT molecular complexity index is 273. The maximum Gasteiger partial charge on any atom is 0.137 e. The lowest BCUT2D eigenvalue weighted by atomic mass is 10.2. The zero-order chi connectivity index (χ0) is 9.14. The zero-order valence-electron chi connectivity index (χ0n) is 6.35. The van der Waals surface area contributed by atoms with Gasteiger partial charge in [0.1, 0.15) is 10.6 Å². The number of hydrogen-bond acceptors (Lipinski definition) is 1. The predicted octanol–water partition coefficient (Wildman–Crippen LogP) is 3.82. The maximum absolute atomic E-state index is 5.91. The molecule has 1 aromatic carbocycles. The molecule has 1 aromatic rings. The van der Waals surface area contributed by atoms with Crippen LogP contribution in [0.15, 0.2) is 18.2 Å². The Morgan fingerprint density at radius 3 is 2.50 bits per heavy atom. The molecule has 0 heterocycles. The standard InChI is InChI=1S/C8H7Cl3O/c1-12-6-4-2-3-5(7(6)9)8(10)11/h2-4,8H,1H3. The summed E-state index contributed by atoms with van der Waals surface area (Å²) in [7, 11) is 1.54. The normalized spacial score (nSPS) is 10.4. The first kappa shape index (κ1) is 9.97. The second-order valence-electron chi connectivity index (χ2n) is 2.16. The second kappa shape index (κ2) is 4.22.